The second-order valence-electron chi connectivity index (χ2n) is 4.03. The molecule has 1 N–H and O–H groups in total. The fraction of sp³-hybridized carbons (Fsp3) is 0.600. The number of nitrogens with one attached hydrogen (secondary N) is 1. The van der Waals surface area contributed by atoms with Crippen LogP contribution in [0.4, 0.5) is 11.6 Å². The molecule has 2 unspecified atom stereocenters. The Bertz CT molecular complexity index is 398. The molecule has 0 aliphatic heterocycles. The molecular formula is C10H14N4O2S. The van der Waals surface area contributed by atoms with Gasteiger partial charge in [0.05, 0.1) is 4.92 Å². The number of thioether (sulfide) groups is 1. The zero-order valence-corrected chi connectivity index (χ0v) is 10.3. The monoisotopic (exact) mass is 254 g/mol. The Balaban J connectivity index is 1.93. The molecule has 0 radical (unpaired) electrons. The summed E-state index contributed by atoms with van der Waals surface area (Å²) in [5, 5.41) is 14.4. The summed E-state index contributed by atoms with van der Waals surface area (Å²) >= 11 is 1.88. The zero-order chi connectivity index (χ0) is 12.3. The molecule has 0 spiro atoms. The van der Waals surface area contributed by atoms with Crippen molar-refractivity contribution >= 4 is 23.4 Å². The van der Waals surface area contributed by atoms with Gasteiger partial charge in [0, 0.05) is 11.3 Å². The van der Waals surface area contributed by atoms with Crippen LogP contribution in [-0.2, 0) is 0 Å². The van der Waals surface area contributed by atoms with Gasteiger partial charge < -0.3 is 5.32 Å². The van der Waals surface area contributed by atoms with E-state index in [0.717, 1.165) is 12.8 Å². The molecule has 2 atom stereocenters. The molecule has 0 aromatic carbocycles. The summed E-state index contributed by atoms with van der Waals surface area (Å²) in [4.78, 5) is 17.8. The van der Waals surface area contributed by atoms with Gasteiger partial charge >= 0.3 is 5.69 Å². The van der Waals surface area contributed by atoms with Crippen LogP contribution >= 0.6 is 11.8 Å². The van der Waals surface area contributed by atoms with E-state index in [4.69, 9.17) is 0 Å². The molecule has 1 heterocycles. The van der Waals surface area contributed by atoms with Crippen LogP contribution in [0.5, 0.6) is 0 Å². The van der Waals surface area contributed by atoms with Crippen LogP contribution in [0, 0.1) is 10.1 Å². The predicted molar refractivity (Wildman–Crippen MR) is 67.3 cm³/mol. The largest absolute Gasteiger partial charge is 0.351 e. The number of nitro groups is 1. The van der Waals surface area contributed by atoms with E-state index in [1.165, 1.54) is 18.8 Å². The molecular weight excluding hydrogens is 240 g/mol. The Hall–Kier alpha value is -1.37. The van der Waals surface area contributed by atoms with Gasteiger partial charge in [0.15, 0.2) is 0 Å². The van der Waals surface area contributed by atoms with E-state index < -0.39 is 4.92 Å². The minimum absolute atomic E-state index is 0.0797. The van der Waals surface area contributed by atoms with Crippen LogP contribution in [-0.4, -0.2) is 32.4 Å². The first-order valence-corrected chi connectivity index (χ1v) is 6.73. The van der Waals surface area contributed by atoms with Gasteiger partial charge in [0.25, 0.3) is 0 Å². The lowest BCUT2D eigenvalue weighted by atomic mass is 10.2. The Kier molecular flexibility index (Phi) is 3.78. The SMILES string of the molecule is CSC1CCC(Nc2ncc([N+](=O)[O-])cn2)C1. The molecule has 2 rings (SSSR count). The van der Waals surface area contributed by atoms with Gasteiger partial charge in [-0.3, -0.25) is 10.1 Å². The van der Waals surface area contributed by atoms with Gasteiger partial charge in [-0.2, -0.15) is 11.8 Å². The number of rotatable bonds is 4. The molecule has 1 aliphatic carbocycles. The molecule has 1 aromatic rings. The van der Waals surface area contributed by atoms with E-state index in [-0.39, 0.29) is 5.69 Å². The third kappa shape index (κ3) is 3.06. The Labute approximate surface area is 103 Å². The van der Waals surface area contributed by atoms with Crippen molar-refractivity contribution in [3.63, 3.8) is 0 Å². The first-order chi connectivity index (χ1) is 8.19. The van der Waals surface area contributed by atoms with Crippen molar-refractivity contribution in [3.05, 3.63) is 22.5 Å². The van der Waals surface area contributed by atoms with Gasteiger partial charge in [0.1, 0.15) is 12.4 Å². The third-order valence-electron chi connectivity index (χ3n) is 2.90. The Morgan fingerprint density at radius 2 is 2.18 bits per heavy atom. The molecule has 92 valence electrons. The van der Waals surface area contributed by atoms with Crippen molar-refractivity contribution < 1.29 is 4.92 Å². The summed E-state index contributed by atoms with van der Waals surface area (Å²) in [5.74, 6) is 0.474. The maximum absolute atomic E-state index is 10.4. The third-order valence-corrected chi connectivity index (χ3v) is 3.99. The number of aromatic nitrogens is 2. The quantitative estimate of drug-likeness (QED) is 0.654. The minimum atomic E-state index is -0.497. The summed E-state index contributed by atoms with van der Waals surface area (Å²) in [7, 11) is 0. The summed E-state index contributed by atoms with van der Waals surface area (Å²) < 4.78 is 0. The van der Waals surface area contributed by atoms with Crippen molar-refractivity contribution in [2.45, 2.75) is 30.6 Å². The standard InChI is InChI=1S/C10H14N4O2S/c1-17-9-3-2-7(4-9)13-10-11-5-8(6-12-10)14(15)16/h5-7,9H,2-4H2,1H3,(H,11,12,13). The van der Waals surface area contributed by atoms with Gasteiger partial charge in [0.2, 0.25) is 5.95 Å². The highest BCUT2D eigenvalue weighted by atomic mass is 32.2. The minimum Gasteiger partial charge on any atom is -0.351 e. The molecule has 1 aromatic heterocycles. The van der Waals surface area contributed by atoms with E-state index in [1.807, 2.05) is 11.8 Å². The van der Waals surface area contributed by atoms with Crippen molar-refractivity contribution in [2.75, 3.05) is 11.6 Å². The van der Waals surface area contributed by atoms with Crippen LogP contribution in [0.15, 0.2) is 12.4 Å². The second kappa shape index (κ2) is 5.31. The number of hydrogen-bond donors (Lipinski definition) is 1. The second-order valence-corrected chi connectivity index (χ2v) is 5.17. The lowest BCUT2D eigenvalue weighted by Gasteiger charge is -2.11. The van der Waals surface area contributed by atoms with E-state index in [9.17, 15) is 10.1 Å². The highest BCUT2D eigenvalue weighted by molar-refractivity contribution is 7.99. The van der Waals surface area contributed by atoms with Gasteiger partial charge in [-0.1, -0.05) is 0 Å². The number of hydrogen-bond acceptors (Lipinski definition) is 6. The highest BCUT2D eigenvalue weighted by Crippen LogP contribution is 2.29. The molecule has 6 nitrogen and oxygen atoms in total. The molecule has 0 saturated heterocycles. The van der Waals surface area contributed by atoms with Crippen LogP contribution in [0.3, 0.4) is 0 Å². The average Bonchev–Trinajstić information content (AvgIpc) is 2.77. The smallest absolute Gasteiger partial charge is 0.305 e. The fourth-order valence-electron chi connectivity index (χ4n) is 1.96. The van der Waals surface area contributed by atoms with Crippen molar-refractivity contribution in [1.82, 2.24) is 9.97 Å². The molecule has 1 saturated carbocycles. The molecule has 1 fully saturated rings. The first kappa shape index (κ1) is 12.1. The van der Waals surface area contributed by atoms with Crippen LogP contribution in [0.2, 0.25) is 0 Å². The Morgan fingerprint density at radius 1 is 1.47 bits per heavy atom. The summed E-state index contributed by atoms with van der Waals surface area (Å²) in [5.41, 5.74) is -0.0797. The van der Waals surface area contributed by atoms with Gasteiger partial charge in [-0.15, -0.1) is 0 Å². The maximum atomic E-state index is 10.4. The number of nitrogens with zero attached hydrogens (tertiary/aromatic N) is 3. The summed E-state index contributed by atoms with van der Waals surface area (Å²) in [6, 6.07) is 0.383. The summed E-state index contributed by atoms with van der Waals surface area (Å²) in [6.45, 7) is 0. The molecule has 7 heteroatoms. The highest BCUT2D eigenvalue weighted by Gasteiger charge is 2.24. The van der Waals surface area contributed by atoms with E-state index in [2.05, 4.69) is 21.5 Å². The molecule has 1 aliphatic rings. The average molecular weight is 254 g/mol. The van der Waals surface area contributed by atoms with Crippen molar-refractivity contribution in [2.24, 2.45) is 0 Å². The van der Waals surface area contributed by atoms with Gasteiger partial charge in [-0.05, 0) is 25.5 Å². The van der Waals surface area contributed by atoms with Crippen LogP contribution < -0.4 is 5.32 Å². The van der Waals surface area contributed by atoms with Crippen LogP contribution in [0.1, 0.15) is 19.3 Å². The zero-order valence-electron chi connectivity index (χ0n) is 9.50. The maximum Gasteiger partial charge on any atom is 0.305 e. The lowest BCUT2D eigenvalue weighted by Crippen LogP contribution is -2.17. The normalized spacial score (nSPS) is 23.6. The fourth-order valence-corrected chi connectivity index (χ4v) is 2.75. The lowest BCUT2D eigenvalue weighted by molar-refractivity contribution is -0.385. The Morgan fingerprint density at radius 3 is 2.71 bits per heavy atom. The predicted octanol–water partition coefficient (Wildman–Crippen LogP) is 2.08. The number of anilines is 1. The van der Waals surface area contributed by atoms with Crippen LogP contribution in [0.25, 0.3) is 0 Å². The van der Waals surface area contributed by atoms with E-state index >= 15 is 0 Å². The molecule has 0 amide bonds. The van der Waals surface area contributed by atoms with Crippen molar-refractivity contribution in [1.29, 1.82) is 0 Å². The van der Waals surface area contributed by atoms with Crippen molar-refractivity contribution in [3.8, 4) is 0 Å². The molecule has 17 heavy (non-hydrogen) atoms. The first-order valence-electron chi connectivity index (χ1n) is 5.45. The van der Waals surface area contributed by atoms with E-state index in [1.54, 1.807) is 0 Å². The summed E-state index contributed by atoms with van der Waals surface area (Å²) in [6.07, 6.45) is 7.99. The van der Waals surface area contributed by atoms with E-state index in [0.29, 0.717) is 17.2 Å². The van der Waals surface area contributed by atoms with Gasteiger partial charge in [-0.25, -0.2) is 9.97 Å². The topological polar surface area (TPSA) is 81.0 Å². The molecule has 0 bridgehead atoms.